The topological polar surface area (TPSA) is 55.2 Å². The molecule has 1 fully saturated rings. The van der Waals surface area contributed by atoms with Crippen molar-refractivity contribution in [1.29, 1.82) is 0 Å². The molecule has 126 valence electrons. The molecule has 3 rings (SSSR count). The third-order valence-corrected chi connectivity index (χ3v) is 4.34. The maximum absolute atomic E-state index is 13.8. The normalized spacial score (nSPS) is 17.8. The highest BCUT2D eigenvalue weighted by Crippen LogP contribution is 2.19. The molecule has 1 aromatic carbocycles. The van der Waals surface area contributed by atoms with Crippen LogP contribution in [0.15, 0.2) is 41.5 Å². The van der Waals surface area contributed by atoms with Crippen molar-refractivity contribution in [1.82, 2.24) is 14.5 Å². The lowest BCUT2D eigenvalue weighted by atomic mass is 10.0. The molecule has 0 bridgehead atoms. The maximum atomic E-state index is 13.8. The monoisotopic (exact) mass is 329 g/mol. The summed E-state index contributed by atoms with van der Waals surface area (Å²) in [6.45, 7) is 3.56. The van der Waals surface area contributed by atoms with Crippen LogP contribution in [-0.4, -0.2) is 33.4 Å². The van der Waals surface area contributed by atoms with Crippen molar-refractivity contribution in [3.8, 4) is 11.3 Å². The fraction of sp³-hybridized carbons (Fsp3) is 0.389. The second-order valence-corrected chi connectivity index (χ2v) is 6.31. The quantitative estimate of drug-likeness (QED) is 0.868. The van der Waals surface area contributed by atoms with E-state index in [1.165, 1.54) is 23.0 Å². The third-order valence-electron chi connectivity index (χ3n) is 4.34. The van der Waals surface area contributed by atoms with Crippen LogP contribution in [0.5, 0.6) is 0 Å². The van der Waals surface area contributed by atoms with Crippen molar-refractivity contribution in [3.63, 3.8) is 0 Å². The van der Waals surface area contributed by atoms with Gasteiger partial charge in [-0.05, 0) is 30.9 Å². The van der Waals surface area contributed by atoms with E-state index in [4.69, 9.17) is 0 Å². The van der Waals surface area contributed by atoms with Gasteiger partial charge >= 0.3 is 0 Å². The van der Waals surface area contributed by atoms with Crippen LogP contribution in [0, 0.1) is 11.7 Å². The molecule has 1 unspecified atom stereocenters. The summed E-state index contributed by atoms with van der Waals surface area (Å²) in [5, 5.41) is 0. The van der Waals surface area contributed by atoms with Gasteiger partial charge in [-0.3, -0.25) is 14.2 Å². The number of nitrogens with zero attached hydrogens (tertiary/aromatic N) is 3. The molecule has 6 heteroatoms. The van der Waals surface area contributed by atoms with Crippen LogP contribution >= 0.6 is 0 Å². The van der Waals surface area contributed by atoms with Gasteiger partial charge in [-0.15, -0.1) is 0 Å². The minimum atomic E-state index is -0.430. The van der Waals surface area contributed by atoms with E-state index in [0.29, 0.717) is 5.92 Å². The lowest BCUT2D eigenvalue weighted by molar-refractivity contribution is -0.133. The van der Waals surface area contributed by atoms with Crippen LogP contribution in [0.1, 0.15) is 19.8 Å². The van der Waals surface area contributed by atoms with Gasteiger partial charge in [0.25, 0.3) is 5.56 Å². The van der Waals surface area contributed by atoms with Gasteiger partial charge < -0.3 is 4.90 Å². The molecule has 1 aliphatic rings. The second kappa shape index (κ2) is 6.95. The van der Waals surface area contributed by atoms with Crippen molar-refractivity contribution in [2.75, 3.05) is 13.1 Å². The largest absolute Gasteiger partial charge is 0.341 e. The minimum Gasteiger partial charge on any atom is -0.341 e. The zero-order valence-electron chi connectivity index (χ0n) is 13.6. The molecule has 1 aliphatic heterocycles. The summed E-state index contributed by atoms with van der Waals surface area (Å²) in [5.74, 6) is -0.0226. The Morgan fingerprint density at radius 3 is 2.88 bits per heavy atom. The van der Waals surface area contributed by atoms with Gasteiger partial charge in [0.2, 0.25) is 5.91 Å². The summed E-state index contributed by atoms with van der Waals surface area (Å²) in [5.41, 5.74) is 0.188. The maximum Gasteiger partial charge on any atom is 0.254 e. The highest BCUT2D eigenvalue weighted by Gasteiger charge is 2.21. The lowest BCUT2D eigenvalue weighted by Crippen LogP contribution is -2.42. The molecule has 0 aliphatic carbocycles. The average molecular weight is 329 g/mol. The van der Waals surface area contributed by atoms with Crippen molar-refractivity contribution >= 4 is 5.91 Å². The molecule has 24 heavy (non-hydrogen) atoms. The Labute approximate surface area is 139 Å². The van der Waals surface area contributed by atoms with Gasteiger partial charge in [-0.25, -0.2) is 9.37 Å². The van der Waals surface area contributed by atoms with Crippen molar-refractivity contribution in [2.24, 2.45) is 5.92 Å². The molecular weight excluding hydrogens is 309 g/mol. The third kappa shape index (κ3) is 3.53. The molecule has 1 saturated heterocycles. The first-order valence-electron chi connectivity index (χ1n) is 8.14. The number of hydrogen-bond acceptors (Lipinski definition) is 3. The summed E-state index contributed by atoms with van der Waals surface area (Å²) in [6, 6.07) is 7.43. The first-order valence-corrected chi connectivity index (χ1v) is 8.14. The van der Waals surface area contributed by atoms with Crippen LogP contribution < -0.4 is 5.56 Å². The van der Waals surface area contributed by atoms with Crippen molar-refractivity contribution < 1.29 is 9.18 Å². The predicted molar refractivity (Wildman–Crippen MR) is 88.9 cm³/mol. The summed E-state index contributed by atoms with van der Waals surface area (Å²) in [6.07, 6.45) is 3.43. The number of aromatic nitrogens is 2. The van der Waals surface area contributed by atoms with Crippen LogP contribution in [0.25, 0.3) is 11.3 Å². The van der Waals surface area contributed by atoms with E-state index in [1.807, 2.05) is 0 Å². The number of hydrogen-bond donors (Lipinski definition) is 0. The Kier molecular flexibility index (Phi) is 4.74. The standard InChI is InChI=1S/C18H20FN3O2/c1-13-5-4-8-21(10-13)18(24)11-22-12-20-16(9-17(22)23)14-6-2-3-7-15(14)19/h2-3,6-7,9,12-13H,4-5,8,10-11H2,1H3. The van der Waals surface area contributed by atoms with Crippen LogP contribution in [0.2, 0.25) is 0 Å². The molecular formula is C18H20FN3O2. The van der Waals surface area contributed by atoms with Crippen LogP contribution in [0.4, 0.5) is 4.39 Å². The van der Waals surface area contributed by atoms with Crippen molar-refractivity contribution in [3.05, 3.63) is 52.8 Å². The van der Waals surface area contributed by atoms with E-state index >= 15 is 0 Å². The number of rotatable bonds is 3. The number of carbonyl (C=O) groups excluding carboxylic acids is 1. The van der Waals surface area contributed by atoms with E-state index in [-0.39, 0.29) is 29.3 Å². The number of benzene rings is 1. The number of likely N-dealkylation sites (tertiary alicyclic amines) is 1. The molecule has 2 heterocycles. The number of piperidine rings is 1. The Morgan fingerprint density at radius 2 is 2.17 bits per heavy atom. The zero-order chi connectivity index (χ0) is 17.1. The first-order chi connectivity index (χ1) is 11.5. The van der Waals surface area contributed by atoms with Gasteiger partial charge in [-0.2, -0.15) is 0 Å². The molecule has 2 aromatic rings. The van der Waals surface area contributed by atoms with E-state index in [0.717, 1.165) is 25.9 Å². The molecule has 0 spiro atoms. The fourth-order valence-electron chi connectivity index (χ4n) is 3.02. The number of amides is 1. The van der Waals surface area contributed by atoms with E-state index in [2.05, 4.69) is 11.9 Å². The van der Waals surface area contributed by atoms with E-state index in [9.17, 15) is 14.0 Å². The highest BCUT2D eigenvalue weighted by molar-refractivity contribution is 5.76. The molecule has 0 radical (unpaired) electrons. The Hall–Kier alpha value is -2.50. The Bertz CT molecular complexity index is 803. The van der Waals surface area contributed by atoms with Gasteiger partial charge in [0.1, 0.15) is 12.4 Å². The van der Waals surface area contributed by atoms with E-state index < -0.39 is 5.82 Å². The summed E-state index contributed by atoms with van der Waals surface area (Å²) < 4.78 is 15.1. The van der Waals surface area contributed by atoms with Gasteiger partial charge in [0.05, 0.1) is 12.0 Å². The summed E-state index contributed by atoms with van der Waals surface area (Å²) >= 11 is 0. The Balaban J connectivity index is 1.77. The summed E-state index contributed by atoms with van der Waals surface area (Å²) in [7, 11) is 0. The number of halogens is 1. The Morgan fingerprint density at radius 1 is 1.38 bits per heavy atom. The van der Waals surface area contributed by atoms with E-state index in [1.54, 1.807) is 23.1 Å². The zero-order valence-corrected chi connectivity index (χ0v) is 13.6. The fourth-order valence-corrected chi connectivity index (χ4v) is 3.02. The molecule has 0 N–H and O–H groups in total. The molecule has 1 atom stereocenters. The molecule has 1 aromatic heterocycles. The smallest absolute Gasteiger partial charge is 0.254 e. The first kappa shape index (κ1) is 16.4. The lowest BCUT2D eigenvalue weighted by Gasteiger charge is -2.31. The number of carbonyl (C=O) groups is 1. The van der Waals surface area contributed by atoms with Gasteiger partial charge in [-0.1, -0.05) is 19.1 Å². The molecule has 5 nitrogen and oxygen atoms in total. The SMILES string of the molecule is CC1CCCN(C(=O)Cn2cnc(-c3ccccc3F)cc2=O)C1. The second-order valence-electron chi connectivity index (χ2n) is 6.31. The minimum absolute atomic E-state index is 0.0316. The summed E-state index contributed by atoms with van der Waals surface area (Å²) in [4.78, 5) is 30.5. The predicted octanol–water partition coefficient (Wildman–Crippen LogP) is 2.31. The highest BCUT2D eigenvalue weighted by atomic mass is 19.1. The van der Waals surface area contributed by atoms with Gasteiger partial charge in [0, 0.05) is 24.7 Å². The molecule has 1 amide bonds. The van der Waals surface area contributed by atoms with Gasteiger partial charge in [0.15, 0.2) is 0 Å². The van der Waals surface area contributed by atoms with Crippen molar-refractivity contribution in [2.45, 2.75) is 26.3 Å². The van der Waals surface area contributed by atoms with Crippen LogP contribution in [0.3, 0.4) is 0 Å². The molecule has 0 saturated carbocycles. The van der Waals surface area contributed by atoms with Crippen LogP contribution in [-0.2, 0) is 11.3 Å². The average Bonchev–Trinajstić information content (AvgIpc) is 2.57.